The highest BCUT2D eigenvalue weighted by Gasteiger charge is 2.42. The van der Waals surface area contributed by atoms with Crippen LogP contribution in [0.15, 0.2) is 4.42 Å². The summed E-state index contributed by atoms with van der Waals surface area (Å²) in [5, 5.41) is 7.01. The first-order chi connectivity index (χ1) is 6.94. The maximum Gasteiger partial charge on any atom is 0.522 e. The molecule has 1 aliphatic carbocycles. The van der Waals surface area contributed by atoms with Gasteiger partial charge in [0.05, 0.1) is 6.10 Å². The second-order valence-electron chi connectivity index (χ2n) is 3.33. The van der Waals surface area contributed by atoms with Crippen molar-refractivity contribution in [2.24, 2.45) is 0 Å². The first-order valence-corrected chi connectivity index (χ1v) is 4.27. The van der Waals surface area contributed by atoms with Crippen molar-refractivity contribution >= 4 is 6.01 Å². The van der Waals surface area contributed by atoms with Gasteiger partial charge in [-0.15, -0.1) is 18.3 Å². The Kier molecular flexibility index (Phi) is 2.29. The van der Waals surface area contributed by atoms with E-state index in [1.54, 1.807) is 0 Å². The number of ether oxygens (including phenoxy) is 1. The molecule has 5 nitrogen and oxygen atoms in total. The van der Waals surface area contributed by atoms with Gasteiger partial charge in [0.25, 0.3) is 0 Å². The van der Waals surface area contributed by atoms with Crippen LogP contribution in [0.25, 0.3) is 0 Å². The summed E-state index contributed by atoms with van der Waals surface area (Å²) >= 11 is 0. The van der Waals surface area contributed by atoms with Crippen molar-refractivity contribution in [1.82, 2.24) is 10.2 Å². The number of rotatable bonds is 2. The number of hydrogen-bond donors (Lipinski definition) is 1. The van der Waals surface area contributed by atoms with Crippen molar-refractivity contribution in [3.63, 3.8) is 0 Å². The Morgan fingerprint density at radius 1 is 1.33 bits per heavy atom. The van der Waals surface area contributed by atoms with Crippen LogP contribution in [0.3, 0.4) is 0 Å². The van der Waals surface area contributed by atoms with E-state index in [0.29, 0.717) is 0 Å². The van der Waals surface area contributed by atoms with Crippen LogP contribution < -0.4 is 5.73 Å². The van der Waals surface area contributed by atoms with Crippen LogP contribution in [-0.2, 0) is 4.74 Å². The Morgan fingerprint density at radius 2 is 2.00 bits per heavy atom. The van der Waals surface area contributed by atoms with Crippen LogP contribution in [0.4, 0.5) is 19.2 Å². The molecule has 1 aromatic rings. The van der Waals surface area contributed by atoms with Gasteiger partial charge in [0.2, 0.25) is 5.89 Å². The Hall–Kier alpha value is -1.31. The molecule has 0 spiro atoms. The standard InChI is InChI=1S/C7H8F3N3O2/c8-7(9,10)15-4-1-3(2-4)5-12-13-6(11)14-5/h3-4H,1-2H2,(H2,11,13)/t3-,4+. The number of nitrogen functional groups attached to an aromatic ring is 1. The molecule has 0 atom stereocenters. The fraction of sp³-hybridized carbons (Fsp3) is 0.714. The van der Waals surface area contributed by atoms with Gasteiger partial charge < -0.3 is 10.2 Å². The number of nitrogens with zero attached hydrogens (tertiary/aromatic N) is 2. The second-order valence-corrected chi connectivity index (χ2v) is 3.33. The zero-order chi connectivity index (χ0) is 11.1. The summed E-state index contributed by atoms with van der Waals surface area (Å²) < 4.78 is 44.0. The number of aromatic nitrogens is 2. The molecule has 1 aromatic heterocycles. The van der Waals surface area contributed by atoms with Gasteiger partial charge in [0, 0.05) is 5.92 Å². The van der Waals surface area contributed by atoms with Gasteiger partial charge in [-0.05, 0) is 12.8 Å². The smallest absolute Gasteiger partial charge is 0.408 e. The Balaban J connectivity index is 1.84. The third kappa shape index (κ3) is 2.38. The molecule has 84 valence electrons. The van der Waals surface area contributed by atoms with E-state index in [1.807, 2.05) is 0 Å². The van der Waals surface area contributed by atoms with Crippen molar-refractivity contribution in [1.29, 1.82) is 0 Å². The summed E-state index contributed by atoms with van der Waals surface area (Å²) in [6.07, 6.45) is -4.95. The van der Waals surface area contributed by atoms with Gasteiger partial charge in [0.1, 0.15) is 0 Å². The first kappa shape index (κ1) is 10.2. The molecule has 15 heavy (non-hydrogen) atoms. The van der Waals surface area contributed by atoms with Gasteiger partial charge in [-0.3, -0.25) is 4.74 Å². The number of halogens is 3. The van der Waals surface area contributed by atoms with Crippen LogP contribution in [0.1, 0.15) is 24.7 Å². The maximum absolute atomic E-state index is 11.8. The molecule has 2 rings (SSSR count). The van der Waals surface area contributed by atoms with Crippen LogP contribution in [0.2, 0.25) is 0 Å². The third-order valence-electron chi connectivity index (χ3n) is 2.20. The lowest BCUT2D eigenvalue weighted by molar-refractivity contribution is -0.352. The summed E-state index contributed by atoms with van der Waals surface area (Å²) in [5.74, 6) is 0.0941. The topological polar surface area (TPSA) is 74.2 Å². The molecule has 0 aromatic carbocycles. The van der Waals surface area contributed by atoms with Crippen molar-refractivity contribution in [2.45, 2.75) is 31.2 Å². The SMILES string of the molecule is Nc1nnc([C@H]2C[C@@H](OC(F)(F)F)C2)o1. The minimum Gasteiger partial charge on any atom is -0.408 e. The average Bonchev–Trinajstić information content (AvgIpc) is 2.41. The summed E-state index contributed by atoms with van der Waals surface area (Å²) in [7, 11) is 0. The third-order valence-corrected chi connectivity index (χ3v) is 2.20. The second kappa shape index (κ2) is 3.37. The molecule has 0 amide bonds. The fourth-order valence-electron chi connectivity index (χ4n) is 1.46. The summed E-state index contributed by atoms with van der Waals surface area (Å²) in [5.41, 5.74) is 5.18. The molecule has 0 aliphatic heterocycles. The van der Waals surface area contributed by atoms with E-state index in [4.69, 9.17) is 10.2 Å². The van der Waals surface area contributed by atoms with Crippen molar-refractivity contribution in [2.75, 3.05) is 5.73 Å². The predicted molar refractivity (Wildman–Crippen MR) is 41.6 cm³/mol. The molecule has 0 radical (unpaired) electrons. The van der Waals surface area contributed by atoms with E-state index >= 15 is 0 Å². The van der Waals surface area contributed by atoms with Crippen LogP contribution in [0.5, 0.6) is 0 Å². The lowest BCUT2D eigenvalue weighted by atomic mass is 9.82. The lowest BCUT2D eigenvalue weighted by Gasteiger charge is -2.32. The van der Waals surface area contributed by atoms with Gasteiger partial charge in [0.15, 0.2) is 0 Å². The highest BCUT2D eigenvalue weighted by Crippen LogP contribution is 2.40. The Bertz CT molecular complexity index is 345. The van der Waals surface area contributed by atoms with Crippen molar-refractivity contribution in [3.8, 4) is 0 Å². The number of anilines is 1. The zero-order valence-corrected chi connectivity index (χ0v) is 7.49. The normalized spacial score (nSPS) is 26.3. The monoisotopic (exact) mass is 223 g/mol. The highest BCUT2D eigenvalue weighted by molar-refractivity contribution is 5.09. The molecule has 0 bridgehead atoms. The van der Waals surface area contributed by atoms with E-state index in [-0.39, 0.29) is 30.7 Å². The predicted octanol–water partition coefficient (Wildman–Crippen LogP) is 1.43. The van der Waals surface area contributed by atoms with E-state index in [1.165, 1.54) is 0 Å². The summed E-state index contributed by atoms with van der Waals surface area (Å²) in [6, 6.07) is -0.0785. The van der Waals surface area contributed by atoms with Gasteiger partial charge in [-0.1, -0.05) is 5.10 Å². The van der Waals surface area contributed by atoms with Gasteiger partial charge >= 0.3 is 12.4 Å². The number of hydrogen-bond acceptors (Lipinski definition) is 5. The van der Waals surface area contributed by atoms with E-state index in [0.717, 1.165) is 0 Å². The Labute approximate surface area is 82.4 Å². The maximum atomic E-state index is 11.8. The lowest BCUT2D eigenvalue weighted by Crippen LogP contribution is -2.34. The molecule has 1 heterocycles. The fourth-order valence-corrected chi connectivity index (χ4v) is 1.46. The Morgan fingerprint density at radius 3 is 2.47 bits per heavy atom. The van der Waals surface area contributed by atoms with E-state index < -0.39 is 12.5 Å². The molecule has 1 saturated carbocycles. The molecule has 1 aliphatic rings. The largest absolute Gasteiger partial charge is 0.522 e. The van der Waals surface area contributed by atoms with Gasteiger partial charge in [-0.2, -0.15) is 0 Å². The summed E-state index contributed by atoms with van der Waals surface area (Å²) in [4.78, 5) is 0. The first-order valence-electron chi connectivity index (χ1n) is 4.27. The molecule has 8 heteroatoms. The van der Waals surface area contributed by atoms with Crippen LogP contribution in [0, 0.1) is 0 Å². The molecule has 2 N–H and O–H groups in total. The number of nitrogens with two attached hydrogens (primary N) is 1. The quantitative estimate of drug-likeness (QED) is 0.820. The molecule has 0 saturated heterocycles. The van der Waals surface area contributed by atoms with Crippen molar-refractivity contribution in [3.05, 3.63) is 5.89 Å². The minimum atomic E-state index is -4.58. The minimum absolute atomic E-state index is 0.0785. The molecule has 1 fully saturated rings. The van der Waals surface area contributed by atoms with E-state index in [2.05, 4.69) is 14.9 Å². The molecular weight excluding hydrogens is 215 g/mol. The van der Waals surface area contributed by atoms with Crippen molar-refractivity contribution < 1.29 is 22.3 Å². The molecular formula is C7H8F3N3O2. The molecule has 0 unspecified atom stereocenters. The zero-order valence-electron chi connectivity index (χ0n) is 7.49. The van der Waals surface area contributed by atoms with E-state index in [9.17, 15) is 13.2 Å². The van der Waals surface area contributed by atoms with Crippen LogP contribution in [-0.4, -0.2) is 22.7 Å². The summed E-state index contributed by atoms with van der Waals surface area (Å²) in [6.45, 7) is 0. The average molecular weight is 223 g/mol. The highest BCUT2D eigenvalue weighted by atomic mass is 19.4. The van der Waals surface area contributed by atoms with Crippen LogP contribution >= 0.6 is 0 Å². The number of alkyl halides is 3. The van der Waals surface area contributed by atoms with Gasteiger partial charge in [-0.25, -0.2) is 0 Å².